The molecule has 30 heavy (non-hydrogen) atoms. The average molecular weight is 435 g/mol. The summed E-state index contributed by atoms with van der Waals surface area (Å²) in [5.74, 6) is -0.376. The number of nitrogens with zero attached hydrogens (tertiary/aromatic N) is 2. The van der Waals surface area contributed by atoms with E-state index >= 15 is 0 Å². The van der Waals surface area contributed by atoms with Gasteiger partial charge in [0, 0.05) is 18.9 Å². The SMILES string of the molecule is Cc1ccc(S(=O)(=O)NCC[C@@H]2CC[C@@H](NC(=O)c3cnccn3)[C@@H](CO)O2)cc1. The van der Waals surface area contributed by atoms with Gasteiger partial charge < -0.3 is 15.2 Å². The molecule has 162 valence electrons. The van der Waals surface area contributed by atoms with Crippen LogP contribution in [0.25, 0.3) is 0 Å². The number of aryl methyl sites for hydroxylation is 1. The fraction of sp³-hybridized carbons (Fsp3) is 0.450. The molecule has 1 fully saturated rings. The second kappa shape index (κ2) is 10.1. The normalized spacial score (nSPS) is 21.9. The van der Waals surface area contributed by atoms with Crippen LogP contribution in [0.4, 0.5) is 0 Å². The highest BCUT2D eigenvalue weighted by molar-refractivity contribution is 7.89. The van der Waals surface area contributed by atoms with Crippen molar-refractivity contribution in [1.82, 2.24) is 20.0 Å². The lowest BCUT2D eigenvalue weighted by Crippen LogP contribution is -2.51. The predicted molar refractivity (Wildman–Crippen MR) is 109 cm³/mol. The smallest absolute Gasteiger partial charge is 0.271 e. The molecule has 2 heterocycles. The Labute approximate surface area is 176 Å². The number of hydrogen-bond acceptors (Lipinski definition) is 7. The first-order valence-corrected chi connectivity index (χ1v) is 11.3. The van der Waals surface area contributed by atoms with Gasteiger partial charge in [-0.05, 0) is 38.3 Å². The van der Waals surface area contributed by atoms with Crippen molar-refractivity contribution in [3.8, 4) is 0 Å². The van der Waals surface area contributed by atoms with Crippen LogP contribution >= 0.6 is 0 Å². The Morgan fingerprint density at radius 2 is 2.00 bits per heavy atom. The molecule has 3 N–H and O–H groups in total. The van der Waals surface area contributed by atoms with E-state index in [0.29, 0.717) is 19.3 Å². The number of aromatic nitrogens is 2. The van der Waals surface area contributed by atoms with Crippen LogP contribution in [0.15, 0.2) is 47.8 Å². The number of sulfonamides is 1. The third kappa shape index (κ3) is 5.82. The summed E-state index contributed by atoms with van der Waals surface area (Å²) in [5, 5.41) is 12.5. The Hall–Kier alpha value is -2.40. The van der Waals surface area contributed by atoms with Gasteiger partial charge in [0.25, 0.3) is 5.91 Å². The molecular weight excluding hydrogens is 408 g/mol. The van der Waals surface area contributed by atoms with Crippen molar-refractivity contribution in [2.24, 2.45) is 0 Å². The van der Waals surface area contributed by atoms with Gasteiger partial charge in [0.2, 0.25) is 10.0 Å². The summed E-state index contributed by atoms with van der Waals surface area (Å²) in [5.41, 5.74) is 1.18. The molecular formula is C20H26N4O5S. The molecule has 9 nitrogen and oxygen atoms in total. The third-order valence-corrected chi connectivity index (χ3v) is 6.47. The number of nitrogens with one attached hydrogen (secondary N) is 2. The number of hydrogen-bond donors (Lipinski definition) is 3. The molecule has 3 rings (SSSR count). The number of carbonyl (C=O) groups excluding carboxylic acids is 1. The second-order valence-corrected chi connectivity index (χ2v) is 8.99. The van der Waals surface area contributed by atoms with E-state index in [1.54, 1.807) is 24.3 Å². The molecule has 0 spiro atoms. The molecule has 1 aromatic carbocycles. The van der Waals surface area contributed by atoms with Gasteiger partial charge in [0.1, 0.15) is 11.8 Å². The van der Waals surface area contributed by atoms with Crippen molar-refractivity contribution in [3.63, 3.8) is 0 Å². The summed E-state index contributed by atoms with van der Waals surface area (Å²) in [6.45, 7) is 1.86. The largest absolute Gasteiger partial charge is 0.394 e. The minimum Gasteiger partial charge on any atom is -0.394 e. The van der Waals surface area contributed by atoms with E-state index in [4.69, 9.17) is 4.74 Å². The van der Waals surface area contributed by atoms with Crippen LogP contribution in [0.3, 0.4) is 0 Å². The lowest BCUT2D eigenvalue weighted by Gasteiger charge is -2.36. The molecule has 3 atom stereocenters. The number of carbonyl (C=O) groups is 1. The van der Waals surface area contributed by atoms with E-state index in [1.165, 1.54) is 18.6 Å². The van der Waals surface area contributed by atoms with E-state index < -0.39 is 16.1 Å². The van der Waals surface area contributed by atoms with Crippen molar-refractivity contribution < 1.29 is 23.1 Å². The zero-order valence-corrected chi connectivity index (χ0v) is 17.5. The van der Waals surface area contributed by atoms with Gasteiger partial charge in [-0.25, -0.2) is 18.1 Å². The fourth-order valence-electron chi connectivity index (χ4n) is 3.32. The summed E-state index contributed by atoms with van der Waals surface area (Å²) in [4.78, 5) is 20.3. The van der Waals surface area contributed by atoms with E-state index in [2.05, 4.69) is 20.0 Å². The van der Waals surface area contributed by atoms with Crippen LogP contribution < -0.4 is 10.0 Å². The van der Waals surface area contributed by atoms with Crippen LogP contribution in [0.5, 0.6) is 0 Å². The highest BCUT2D eigenvalue weighted by atomic mass is 32.2. The van der Waals surface area contributed by atoms with Crippen LogP contribution in [-0.4, -0.2) is 60.8 Å². The number of ether oxygens (including phenoxy) is 1. The third-order valence-electron chi connectivity index (χ3n) is 5.00. The fourth-order valence-corrected chi connectivity index (χ4v) is 4.37. The predicted octanol–water partition coefficient (Wildman–Crippen LogP) is 0.792. The molecule has 0 unspecified atom stereocenters. The number of rotatable bonds is 8. The van der Waals surface area contributed by atoms with E-state index in [0.717, 1.165) is 5.56 Å². The number of benzene rings is 1. The topological polar surface area (TPSA) is 131 Å². The summed E-state index contributed by atoms with van der Waals surface area (Å²) >= 11 is 0. The molecule has 1 aromatic heterocycles. The maximum Gasteiger partial charge on any atom is 0.271 e. The van der Waals surface area contributed by atoms with Crippen LogP contribution in [0, 0.1) is 6.92 Å². The van der Waals surface area contributed by atoms with Crippen molar-refractivity contribution in [3.05, 3.63) is 54.1 Å². The Morgan fingerprint density at radius 3 is 2.67 bits per heavy atom. The number of amides is 1. The minimum atomic E-state index is -3.58. The van der Waals surface area contributed by atoms with Crippen LogP contribution in [-0.2, 0) is 14.8 Å². The van der Waals surface area contributed by atoms with Crippen molar-refractivity contribution >= 4 is 15.9 Å². The van der Waals surface area contributed by atoms with Crippen LogP contribution in [0.1, 0.15) is 35.3 Å². The summed E-state index contributed by atoms with van der Waals surface area (Å²) in [6, 6.07) is 6.28. The Morgan fingerprint density at radius 1 is 1.23 bits per heavy atom. The molecule has 1 saturated heterocycles. The van der Waals surface area contributed by atoms with Gasteiger partial charge in [-0.15, -0.1) is 0 Å². The summed E-state index contributed by atoms with van der Waals surface area (Å²) < 4.78 is 33.2. The highest BCUT2D eigenvalue weighted by Crippen LogP contribution is 2.22. The van der Waals surface area contributed by atoms with Crippen molar-refractivity contribution in [2.45, 2.75) is 49.3 Å². The molecule has 0 aliphatic carbocycles. The van der Waals surface area contributed by atoms with Crippen molar-refractivity contribution in [2.75, 3.05) is 13.2 Å². The Bertz CT molecular complexity index is 937. The molecule has 1 amide bonds. The Kier molecular flexibility index (Phi) is 7.48. The summed E-state index contributed by atoms with van der Waals surface area (Å²) in [6.07, 6.45) is 5.20. The van der Waals surface area contributed by atoms with Crippen LogP contribution in [0.2, 0.25) is 0 Å². The molecule has 0 saturated carbocycles. The summed E-state index contributed by atoms with van der Waals surface area (Å²) in [7, 11) is -3.58. The molecule has 10 heteroatoms. The zero-order chi connectivity index (χ0) is 21.6. The maximum absolute atomic E-state index is 12.4. The Balaban J connectivity index is 1.49. The van der Waals surface area contributed by atoms with Gasteiger partial charge in [-0.3, -0.25) is 9.78 Å². The van der Waals surface area contributed by atoms with E-state index in [-0.39, 0.29) is 41.8 Å². The maximum atomic E-state index is 12.4. The van der Waals surface area contributed by atoms with E-state index in [9.17, 15) is 18.3 Å². The van der Waals surface area contributed by atoms with Gasteiger partial charge in [0.05, 0.1) is 29.8 Å². The monoisotopic (exact) mass is 434 g/mol. The lowest BCUT2D eigenvalue weighted by molar-refractivity contribution is -0.0891. The lowest BCUT2D eigenvalue weighted by atomic mass is 9.97. The molecule has 2 aromatic rings. The highest BCUT2D eigenvalue weighted by Gasteiger charge is 2.32. The van der Waals surface area contributed by atoms with Crippen molar-refractivity contribution in [1.29, 1.82) is 0 Å². The minimum absolute atomic E-state index is 0.196. The standard InChI is InChI=1S/C20H26N4O5S/c1-14-2-5-16(6-3-14)30(27,28)23-9-8-15-4-7-17(19(13-25)29-15)24-20(26)18-12-21-10-11-22-18/h2-3,5-6,10-12,15,17,19,23,25H,4,7-9,13H2,1H3,(H,24,26)/t15-,17+,19+/m0/s1. The molecule has 1 aliphatic heterocycles. The van der Waals surface area contributed by atoms with Gasteiger partial charge in [-0.1, -0.05) is 17.7 Å². The molecule has 0 bridgehead atoms. The first-order valence-electron chi connectivity index (χ1n) is 9.78. The van der Waals surface area contributed by atoms with Gasteiger partial charge >= 0.3 is 0 Å². The van der Waals surface area contributed by atoms with E-state index in [1.807, 2.05) is 6.92 Å². The first kappa shape index (κ1) is 22.3. The quantitative estimate of drug-likeness (QED) is 0.560. The molecule has 1 aliphatic rings. The van der Waals surface area contributed by atoms with Gasteiger partial charge in [-0.2, -0.15) is 0 Å². The van der Waals surface area contributed by atoms with Gasteiger partial charge in [0.15, 0.2) is 0 Å². The number of aliphatic hydroxyl groups excluding tert-OH is 1. The zero-order valence-electron chi connectivity index (χ0n) is 16.7. The molecule has 0 radical (unpaired) electrons. The second-order valence-electron chi connectivity index (χ2n) is 7.23. The number of aliphatic hydroxyl groups is 1. The average Bonchev–Trinajstić information content (AvgIpc) is 2.75. The first-order chi connectivity index (χ1) is 14.4.